The van der Waals surface area contributed by atoms with Crippen molar-refractivity contribution in [1.82, 2.24) is 4.90 Å². The van der Waals surface area contributed by atoms with Crippen molar-refractivity contribution in [2.75, 3.05) is 19.4 Å². The molecule has 1 saturated heterocycles. The van der Waals surface area contributed by atoms with Gasteiger partial charge in [-0.2, -0.15) is 0 Å². The van der Waals surface area contributed by atoms with Gasteiger partial charge >= 0.3 is 0 Å². The fraction of sp³-hybridized carbons (Fsp3) is 0.500. The summed E-state index contributed by atoms with van der Waals surface area (Å²) in [4.78, 5) is 14.5. The summed E-state index contributed by atoms with van der Waals surface area (Å²) in [5.41, 5.74) is 6.91. The Labute approximate surface area is 108 Å². The number of carbonyl (C=O) groups is 1. The minimum Gasteiger partial charge on any atom is -0.496 e. The number of benzene rings is 1. The molecule has 1 aliphatic heterocycles. The lowest BCUT2D eigenvalue weighted by molar-refractivity contribution is 0.0731. The van der Waals surface area contributed by atoms with Crippen molar-refractivity contribution in [3.05, 3.63) is 23.8 Å². The maximum absolute atomic E-state index is 12.6. The van der Waals surface area contributed by atoms with E-state index in [4.69, 9.17) is 10.5 Å². The van der Waals surface area contributed by atoms with E-state index in [-0.39, 0.29) is 5.91 Å². The van der Waals surface area contributed by atoms with Crippen LogP contribution in [0.3, 0.4) is 0 Å². The summed E-state index contributed by atoms with van der Waals surface area (Å²) in [6.45, 7) is 2.93. The minimum atomic E-state index is -0.00528. The Balaban J connectivity index is 2.34. The first kappa shape index (κ1) is 12.7. The van der Waals surface area contributed by atoms with Crippen molar-refractivity contribution in [2.45, 2.75) is 32.2 Å². The van der Waals surface area contributed by atoms with Gasteiger partial charge in [0.2, 0.25) is 0 Å². The normalized spacial score (nSPS) is 19.0. The van der Waals surface area contributed by atoms with Crippen LogP contribution in [0.25, 0.3) is 0 Å². The van der Waals surface area contributed by atoms with Crippen LogP contribution in [0.1, 0.15) is 36.5 Å². The molecule has 4 nitrogen and oxygen atoms in total. The SMILES string of the molecule is CCC1CCCN1C(=O)c1c(N)cccc1OC. The van der Waals surface area contributed by atoms with Gasteiger partial charge in [-0.3, -0.25) is 4.79 Å². The molecule has 1 atom stereocenters. The first-order valence-electron chi connectivity index (χ1n) is 6.42. The zero-order chi connectivity index (χ0) is 13.1. The monoisotopic (exact) mass is 248 g/mol. The third-order valence-corrected chi connectivity index (χ3v) is 3.60. The Hall–Kier alpha value is -1.71. The quantitative estimate of drug-likeness (QED) is 0.835. The van der Waals surface area contributed by atoms with Gasteiger partial charge in [-0.25, -0.2) is 0 Å². The first-order valence-corrected chi connectivity index (χ1v) is 6.42. The predicted molar refractivity (Wildman–Crippen MR) is 71.8 cm³/mol. The molecule has 1 aromatic carbocycles. The molecule has 4 heteroatoms. The van der Waals surface area contributed by atoms with E-state index in [9.17, 15) is 4.79 Å². The van der Waals surface area contributed by atoms with Crippen LogP contribution in [-0.2, 0) is 0 Å². The highest BCUT2D eigenvalue weighted by Crippen LogP contribution is 2.29. The number of rotatable bonds is 3. The Kier molecular flexibility index (Phi) is 3.75. The van der Waals surface area contributed by atoms with E-state index in [2.05, 4.69) is 6.92 Å². The molecule has 18 heavy (non-hydrogen) atoms. The average molecular weight is 248 g/mol. The smallest absolute Gasteiger partial charge is 0.259 e. The van der Waals surface area contributed by atoms with Crippen molar-refractivity contribution in [2.24, 2.45) is 0 Å². The number of nitrogens with two attached hydrogens (primary N) is 1. The molecule has 98 valence electrons. The summed E-state index contributed by atoms with van der Waals surface area (Å²) in [7, 11) is 1.56. The topological polar surface area (TPSA) is 55.6 Å². The lowest BCUT2D eigenvalue weighted by Gasteiger charge is -2.25. The molecule has 0 aromatic heterocycles. The van der Waals surface area contributed by atoms with Crippen LogP contribution in [-0.4, -0.2) is 30.5 Å². The third kappa shape index (κ3) is 2.15. The molecule has 1 amide bonds. The number of amides is 1. The number of hydrogen-bond donors (Lipinski definition) is 1. The lowest BCUT2D eigenvalue weighted by atomic mass is 10.1. The van der Waals surface area contributed by atoms with E-state index in [1.165, 1.54) is 0 Å². The molecule has 1 heterocycles. The third-order valence-electron chi connectivity index (χ3n) is 3.60. The molecule has 1 unspecified atom stereocenters. The van der Waals surface area contributed by atoms with Gasteiger partial charge in [-0.1, -0.05) is 13.0 Å². The van der Waals surface area contributed by atoms with Gasteiger partial charge in [0.1, 0.15) is 11.3 Å². The fourth-order valence-corrected chi connectivity index (χ4v) is 2.62. The van der Waals surface area contributed by atoms with Crippen LogP contribution in [0.5, 0.6) is 5.75 Å². The van der Waals surface area contributed by atoms with E-state index >= 15 is 0 Å². The Bertz CT molecular complexity index is 445. The first-order chi connectivity index (χ1) is 8.69. The summed E-state index contributed by atoms with van der Waals surface area (Å²) >= 11 is 0. The van der Waals surface area contributed by atoms with Gasteiger partial charge in [-0.15, -0.1) is 0 Å². The number of methoxy groups -OCH3 is 1. The van der Waals surface area contributed by atoms with Gasteiger partial charge in [0.15, 0.2) is 0 Å². The Morgan fingerprint density at radius 2 is 2.33 bits per heavy atom. The molecule has 0 aliphatic carbocycles. The molecule has 0 spiro atoms. The van der Waals surface area contributed by atoms with Gasteiger partial charge in [0.25, 0.3) is 5.91 Å². The molecule has 2 rings (SSSR count). The number of nitrogen functional groups attached to an aromatic ring is 1. The molecular formula is C14H20N2O2. The zero-order valence-electron chi connectivity index (χ0n) is 11.0. The van der Waals surface area contributed by atoms with Crippen molar-refractivity contribution < 1.29 is 9.53 Å². The average Bonchev–Trinajstić information content (AvgIpc) is 2.85. The minimum absolute atomic E-state index is 0.00528. The summed E-state index contributed by atoms with van der Waals surface area (Å²) in [6, 6.07) is 5.65. The number of anilines is 1. The van der Waals surface area contributed by atoms with Crippen LogP contribution in [0.2, 0.25) is 0 Å². The number of likely N-dealkylation sites (tertiary alicyclic amines) is 1. The Morgan fingerprint density at radius 1 is 1.56 bits per heavy atom. The second-order valence-corrected chi connectivity index (χ2v) is 4.63. The summed E-state index contributed by atoms with van der Waals surface area (Å²) in [5, 5.41) is 0. The highest BCUT2D eigenvalue weighted by molar-refractivity contribution is 6.02. The van der Waals surface area contributed by atoms with E-state index in [1.54, 1.807) is 25.3 Å². The fourth-order valence-electron chi connectivity index (χ4n) is 2.62. The van der Waals surface area contributed by atoms with Gasteiger partial charge in [0.05, 0.1) is 7.11 Å². The van der Waals surface area contributed by atoms with Gasteiger partial charge in [0, 0.05) is 18.3 Å². The summed E-state index contributed by atoms with van der Waals surface area (Å²) in [5.74, 6) is 0.552. The second-order valence-electron chi connectivity index (χ2n) is 4.63. The highest BCUT2D eigenvalue weighted by atomic mass is 16.5. The van der Waals surface area contributed by atoms with E-state index in [1.807, 2.05) is 4.90 Å². The molecule has 0 radical (unpaired) electrons. The van der Waals surface area contributed by atoms with Crippen molar-refractivity contribution in [1.29, 1.82) is 0 Å². The Morgan fingerprint density at radius 3 is 3.00 bits per heavy atom. The zero-order valence-corrected chi connectivity index (χ0v) is 11.0. The highest BCUT2D eigenvalue weighted by Gasteiger charge is 2.30. The van der Waals surface area contributed by atoms with Crippen LogP contribution in [0.4, 0.5) is 5.69 Å². The second kappa shape index (κ2) is 5.29. The maximum atomic E-state index is 12.6. The predicted octanol–water partition coefficient (Wildman–Crippen LogP) is 2.29. The van der Waals surface area contributed by atoms with E-state index in [0.29, 0.717) is 23.0 Å². The van der Waals surface area contributed by atoms with Crippen LogP contribution in [0, 0.1) is 0 Å². The largest absolute Gasteiger partial charge is 0.496 e. The van der Waals surface area contributed by atoms with Crippen LogP contribution >= 0.6 is 0 Å². The molecule has 0 bridgehead atoms. The van der Waals surface area contributed by atoms with E-state index in [0.717, 1.165) is 25.8 Å². The summed E-state index contributed by atoms with van der Waals surface area (Å²) in [6.07, 6.45) is 3.14. The molecular weight excluding hydrogens is 228 g/mol. The maximum Gasteiger partial charge on any atom is 0.259 e. The van der Waals surface area contributed by atoms with Crippen molar-refractivity contribution in [3.63, 3.8) is 0 Å². The number of hydrogen-bond acceptors (Lipinski definition) is 3. The number of nitrogens with zero attached hydrogens (tertiary/aromatic N) is 1. The van der Waals surface area contributed by atoms with Gasteiger partial charge in [-0.05, 0) is 31.4 Å². The molecule has 1 aromatic rings. The standard InChI is InChI=1S/C14H20N2O2/c1-3-10-6-5-9-16(10)14(17)13-11(15)7-4-8-12(13)18-2/h4,7-8,10H,3,5-6,9,15H2,1-2H3. The van der Waals surface area contributed by atoms with E-state index < -0.39 is 0 Å². The lowest BCUT2D eigenvalue weighted by Crippen LogP contribution is -2.35. The summed E-state index contributed by atoms with van der Waals surface area (Å²) < 4.78 is 5.25. The van der Waals surface area contributed by atoms with Crippen molar-refractivity contribution in [3.8, 4) is 5.75 Å². The van der Waals surface area contributed by atoms with Crippen LogP contribution < -0.4 is 10.5 Å². The van der Waals surface area contributed by atoms with Crippen LogP contribution in [0.15, 0.2) is 18.2 Å². The van der Waals surface area contributed by atoms with Crippen molar-refractivity contribution >= 4 is 11.6 Å². The van der Waals surface area contributed by atoms with Gasteiger partial charge < -0.3 is 15.4 Å². The molecule has 1 fully saturated rings. The number of ether oxygens (including phenoxy) is 1. The number of carbonyl (C=O) groups excluding carboxylic acids is 1. The molecule has 2 N–H and O–H groups in total. The molecule has 1 aliphatic rings. The molecule has 0 saturated carbocycles.